The molecule has 0 saturated carbocycles. The maximum Gasteiger partial charge on any atom is 0.0986 e. The summed E-state index contributed by atoms with van der Waals surface area (Å²) < 4.78 is 5.73. The summed E-state index contributed by atoms with van der Waals surface area (Å²) in [6.45, 7) is 4.11. The van der Waals surface area contributed by atoms with Crippen molar-refractivity contribution in [3.8, 4) is 0 Å². The van der Waals surface area contributed by atoms with Gasteiger partial charge in [0.05, 0.1) is 12.2 Å². The zero-order valence-corrected chi connectivity index (χ0v) is 7.04. The van der Waals surface area contributed by atoms with E-state index in [0.29, 0.717) is 6.04 Å². The second kappa shape index (κ2) is 2.40. The third-order valence-corrected chi connectivity index (χ3v) is 3.60. The number of nitrogens with one attached hydrogen (secondary N) is 1. The summed E-state index contributed by atoms with van der Waals surface area (Å²) >= 11 is 1.98. The van der Waals surface area contributed by atoms with Gasteiger partial charge in [-0.25, -0.2) is 0 Å². The third-order valence-electron chi connectivity index (χ3n) is 2.14. The van der Waals surface area contributed by atoms with E-state index in [1.54, 1.807) is 0 Å². The van der Waals surface area contributed by atoms with Gasteiger partial charge in [0.15, 0.2) is 0 Å². The van der Waals surface area contributed by atoms with Crippen molar-refractivity contribution in [2.24, 2.45) is 0 Å². The van der Waals surface area contributed by atoms with Crippen LogP contribution in [0.5, 0.6) is 0 Å². The SMILES string of the molecule is CC1COC2(CN1)CSC2. The van der Waals surface area contributed by atoms with Crippen molar-refractivity contribution in [2.45, 2.75) is 18.6 Å². The summed E-state index contributed by atoms with van der Waals surface area (Å²) in [5.41, 5.74) is 0.233. The van der Waals surface area contributed by atoms with Crippen molar-refractivity contribution in [3.63, 3.8) is 0 Å². The van der Waals surface area contributed by atoms with Crippen LogP contribution in [0.4, 0.5) is 0 Å². The molecule has 1 spiro atoms. The molecule has 0 aromatic rings. The molecule has 1 unspecified atom stereocenters. The first-order chi connectivity index (χ1) is 4.81. The summed E-state index contributed by atoms with van der Waals surface area (Å²) in [6, 6.07) is 0.552. The lowest BCUT2D eigenvalue weighted by Crippen LogP contribution is -2.60. The average Bonchev–Trinajstić information content (AvgIpc) is 1.86. The molecule has 1 N–H and O–H groups in total. The fourth-order valence-corrected chi connectivity index (χ4v) is 2.32. The lowest BCUT2D eigenvalue weighted by atomic mass is 10.1. The molecule has 0 bridgehead atoms. The monoisotopic (exact) mass is 159 g/mol. The minimum absolute atomic E-state index is 0.233. The summed E-state index contributed by atoms with van der Waals surface area (Å²) in [6.07, 6.45) is 0. The number of thioether (sulfide) groups is 1. The molecule has 0 aliphatic carbocycles. The van der Waals surface area contributed by atoms with Gasteiger partial charge < -0.3 is 10.1 Å². The number of morpholine rings is 1. The third kappa shape index (κ3) is 1.06. The van der Waals surface area contributed by atoms with Crippen LogP contribution in [-0.2, 0) is 4.74 Å². The van der Waals surface area contributed by atoms with E-state index in [0.717, 1.165) is 13.2 Å². The van der Waals surface area contributed by atoms with Crippen LogP contribution in [0, 0.1) is 0 Å². The van der Waals surface area contributed by atoms with Gasteiger partial charge in [0.1, 0.15) is 0 Å². The summed E-state index contributed by atoms with van der Waals surface area (Å²) in [5.74, 6) is 2.37. The Labute approximate surface area is 65.7 Å². The summed E-state index contributed by atoms with van der Waals surface area (Å²) in [7, 11) is 0. The first kappa shape index (κ1) is 6.95. The van der Waals surface area contributed by atoms with E-state index in [4.69, 9.17) is 4.74 Å². The van der Waals surface area contributed by atoms with Crippen molar-refractivity contribution in [2.75, 3.05) is 24.7 Å². The van der Waals surface area contributed by atoms with Crippen molar-refractivity contribution in [1.29, 1.82) is 0 Å². The molecule has 3 heteroatoms. The minimum Gasteiger partial charge on any atom is -0.370 e. The molecule has 2 aliphatic heterocycles. The molecule has 0 radical (unpaired) electrons. The maximum atomic E-state index is 5.73. The molecule has 0 aromatic heterocycles. The fraction of sp³-hybridized carbons (Fsp3) is 1.00. The number of hydrogen-bond donors (Lipinski definition) is 1. The second-order valence-corrected chi connectivity index (χ2v) is 4.25. The Morgan fingerprint density at radius 1 is 1.60 bits per heavy atom. The van der Waals surface area contributed by atoms with Gasteiger partial charge in [0, 0.05) is 24.1 Å². The van der Waals surface area contributed by atoms with Crippen LogP contribution in [0.2, 0.25) is 0 Å². The lowest BCUT2D eigenvalue weighted by Gasteiger charge is -2.45. The van der Waals surface area contributed by atoms with E-state index in [1.807, 2.05) is 11.8 Å². The molecule has 2 nitrogen and oxygen atoms in total. The normalized spacial score (nSPS) is 37.5. The van der Waals surface area contributed by atoms with Gasteiger partial charge in [-0.3, -0.25) is 0 Å². The van der Waals surface area contributed by atoms with Gasteiger partial charge >= 0.3 is 0 Å². The molecule has 1 atom stereocenters. The number of rotatable bonds is 0. The molecule has 10 heavy (non-hydrogen) atoms. The maximum absolute atomic E-state index is 5.73. The van der Waals surface area contributed by atoms with Crippen LogP contribution in [0.1, 0.15) is 6.92 Å². The van der Waals surface area contributed by atoms with Crippen LogP contribution < -0.4 is 5.32 Å². The Morgan fingerprint density at radius 3 is 2.80 bits per heavy atom. The Balaban J connectivity index is 1.90. The van der Waals surface area contributed by atoms with E-state index >= 15 is 0 Å². The van der Waals surface area contributed by atoms with Crippen LogP contribution in [0.3, 0.4) is 0 Å². The quantitative estimate of drug-likeness (QED) is 0.555. The van der Waals surface area contributed by atoms with Gasteiger partial charge in [-0.05, 0) is 6.92 Å². The predicted octanol–water partition coefficient (Wildman–Crippen LogP) is 0.480. The van der Waals surface area contributed by atoms with Gasteiger partial charge in [-0.2, -0.15) is 11.8 Å². The molecule has 2 rings (SSSR count). The van der Waals surface area contributed by atoms with E-state index in [1.165, 1.54) is 11.5 Å². The van der Waals surface area contributed by atoms with Gasteiger partial charge in [0.25, 0.3) is 0 Å². The van der Waals surface area contributed by atoms with Crippen LogP contribution in [-0.4, -0.2) is 36.3 Å². The molecule has 2 fully saturated rings. The molecular weight excluding hydrogens is 146 g/mol. The minimum atomic E-state index is 0.233. The molecular formula is C7H13NOS. The first-order valence-electron chi connectivity index (χ1n) is 3.76. The van der Waals surface area contributed by atoms with Crippen molar-refractivity contribution < 1.29 is 4.74 Å². The molecule has 2 aliphatic rings. The Kier molecular flexibility index (Phi) is 1.66. The van der Waals surface area contributed by atoms with E-state index < -0.39 is 0 Å². The van der Waals surface area contributed by atoms with Crippen LogP contribution in [0.25, 0.3) is 0 Å². The first-order valence-corrected chi connectivity index (χ1v) is 4.91. The molecule has 58 valence electrons. The standard InChI is InChI=1S/C7H13NOS/c1-6-2-9-7(3-8-6)4-10-5-7/h6,8H,2-5H2,1H3. The van der Waals surface area contributed by atoms with Crippen LogP contribution >= 0.6 is 11.8 Å². The average molecular weight is 159 g/mol. The largest absolute Gasteiger partial charge is 0.370 e. The van der Waals surface area contributed by atoms with Gasteiger partial charge in [-0.1, -0.05) is 0 Å². The lowest BCUT2D eigenvalue weighted by molar-refractivity contribution is -0.0556. The molecule has 0 amide bonds. The van der Waals surface area contributed by atoms with E-state index in [-0.39, 0.29) is 5.60 Å². The smallest absolute Gasteiger partial charge is 0.0986 e. The highest BCUT2D eigenvalue weighted by Gasteiger charge is 2.41. The van der Waals surface area contributed by atoms with E-state index in [2.05, 4.69) is 12.2 Å². The fourth-order valence-electron chi connectivity index (χ4n) is 1.29. The van der Waals surface area contributed by atoms with Crippen molar-refractivity contribution in [3.05, 3.63) is 0 Å². The molecule has 0 aromatic carbocycles. The van der Waals surface area contributed by atoms with Crippen molar-refractivity contribution in [1.82, 2.24) is 5.32 Å². The Morgan fingerprint density at radius 2 is 2.40 bits per heavy atom. The van der Waals surface area contributed by atoms with Gasteiger partial charge in [-0.15, -0.1) is 0 Å². The molecule has 2 saturated heterocycles. The highest BCUT2D eigenvalue weighted by molar-refractivity contribution is 8.00. The topological polar surface area (TPSA) is 21.3 Å². The van der Waals surface area contributed by atoms with E-state index in [9.17, 15) is 0 Å². The molecule has 2 heterocycles. The summed E-state index contributed by atoms with van der Waals surface area (Å²) in [5, 5.41) is 3.44. The van der Waals surface area contributed by atoms with Crippen molar-refractivity contribution >= 4 is 11.8 Å². The zero-order valence-electron chi connectivity index (χ0n) is 6.22. The van der Waals surface area contributed by atoms with Gasteiger partial charge in [0.2, 0.25) is 0 Å². The Hall–Kier alpha value is 0.270. The Bertz CT molecular complexity index is 126. The highest BCUT2D eigenvalue weighted by Crippen LogP contribution is 2.34. The number of ether oxygens (including phenoxy) is 1. The van der Waals surface area contributed by atoms with Crippen LogP contribution in [0.15, 0.2) is 0 Å². The highest BCUT2D eigenvalue weighted by atomic mass is 32.2. The second-order valence-electron chi connectivity index (χ2n) is 3.27. The predicted molar refractivity (Wildman–Crippen MR) is 43.5 cm³/mol. The summed E-state index contributed by atoms with van der Waals surface area (Å²) in [4.78, 5) is 0. The number of hydrogen-bond acceptors (Lipinski definition) is 3. The zero-order chi connectivity index (χ0) is 7.03.